The fraction of sp³-hybridized carbons (Fsp3) is 0.500. The molecule has 1 heterocycles. The zero-order valence-corrected chi connectivity index (χ0v) is 12.5. The molecule has 1 saturated heterocycles. The van der Waals surface area contributed by atoms with E-state index >= 15 is 0 Å². The Morgan fingerprint density at radius 2 is 2.26 bits per heavy atom. The van der Waals surface area contributed by atoms with Crippen molar-refractivity contribution in [3.05, 3.63) is 29.3 Å². The first kappa shape index (κ1) is 14.7. The lowest BCUT2D eigenvalue weighted by atomic mass is 10.0. The van der Waals surface area contributed by atoms with Crippen LogP contribution in [0.3, 0.4) is 0 Å². The number of likely N-dealkylation sites (tertiary alicyclic amines) is 1. The van der Waals surface area contributed by atoms with E-state index in [1.165, 1.54) is 11.8 Å². The van der Waals surface area contributed by atoms with Gasteiger partial charge in [0.1, 0.15) is 0 Å². The molecule has 1 amide bonds. The number of hydrogen-bond acceptors (Lipinski definition) is 3. The Morgan fingerprint density at radius 3 is 2.95 bits per heavy atom. The molecule has 1 aromatic rings. The van der Waals surface area contributed by atoms with Gasteiger partial charge in [0.25, 0.3) is 0 Å². The maximum atomic E-state index is 12.2. The first-order chi connectivity index (χ1) is 9.13. The summed E-state index contributed by atoms with van der Waals surface area (Å²) < 4.78 is 0. The summed E-state index contributed by atoms with van der Waals surface area (Å²) in [4.78, 5) is 14.9. The Kier molecular flexibility index (Phi) is 5.13. The molecule has 0 aromatic heterocycles. The standard InChI is InChI=1S/C14H18ClNO2S/c1-10-6-7-16(12(10)8-17)14(18)9-19-13-5-3-2-4-11(13)15/h2-5,10,12,17H,6-9H2,1H3. The molecule has 5 heteroatoms. The van der Waals surface area contributed by atoms with Crippen molar-refractivity contribution in [2.45, 2.75) is 24.3 Å². The van der Waals surface area contributed by atoms with Gasteiger partial charge < -0.3 is 10.0 Å². The van der Waals surface area contributed by atoms with Crippen molar-refractivity contribution in [1.82, 2.24) is 4.90 Å². The molecule has 3 nitrogen and oxygen atoms in total. The second-order valence-electron chi connectivity index (χ2n) is 4.82. The number of carbonyl (C=O) groups excluding carboxylic acids is 1. The van der Waals surface area contributed by atoms with Crippen LogP contribution in [-0.4, -0.2) is 40.9 Å². The van der Waals surface area contributed by atoms with Crippen LogP contribution in [0, 0.1) is 5.92 Å². The fourth-order valence-corrected chi connectivity index (χ4v) is 3.51. The van der Waals surface area contributed by atoms with Crippen molar-refractivity contribution < 1.29 is 9.90 Å². The van der Waals surface area contributed by atoms with Crippen molar-refractivity contribution in [2.75, 3.05) is 18.9 Å². The van der Waals surface area contributed by atoms with E-state index in [9.17, 15) is 9.90 Å². The van der Waals surface area contributed by atoms with E-state index < -0.39 is 0 Å². The third kappa shape index (κ3) is 3.44. The molecule has 19 heavy (non-hydrogen) atoms. The first-order valence-corrected chi connectivity index (χ1v) is 7.77. The number of hydrogen-bond donors (Lipinski definition) is 1. The van der Waals surface area contributed by atoms with Gasteiger partial charge >= 0.3 is 0 Å². The van der Waals surface area contributed by atoms with Gasteiger partial charge in [-0.15, -0.1) is 11.8 Å². The maximum Gasteiger partial charge on any atom is 0.233 e. The number of rotatable bonds is 4. The molecule has 0 spiro atoms. The monoisotopic (exact) mass is 299 g/mol. The number of benzene rings is 1. The summed E-state index contributed by atoms with van der Waals surface area (Å²) in [6.07, 6.45) is 0.966. The molecular formula is C14H18ClNO2S. The van der Waals surface area contributed by atoms with Gasteiger partial charge in [-0.05, 0) is 24.5 Å². The van der Waals surface area contributed by atoms with Gasteiger partial charge in [0, 0.05) is 11.4 Å². The number of nitrogens with zero attached hydrogens (tertiary/aromatic N) is 1. The lowest BCUT2D eigenvalue weighted by Crippen LogP contribution is -2.40. The summed E-state index contributed by atoms with van der Waals surface area (Å²) >= 11 is 7.51. The molecule has 1 N–H and O–H groups in total. The van der Waals surface area contributed by atoms with Crippen LogP contribution in [-0.2, 0) is 4.79 Å². The average Bonchev–Trinajstić information content (AvgIpc) is 2.78. The van der Waals surface area contributed by atoms with Crippen LogP contribution in [0.2, 0.25) is 5.02 Å². The molecule has 0 saturated carbocycles. The Morgan fingerprint density at radius 1 is 1.53 bits per heavy atom. The Bertz CT molecular complexity index is 455. The summed E-state index contributed by atoms with van der Waals surface area (Å²) in [5.41, 5.74) is 0. The topological polar surface area (TPSA) is 40.5 Å². The largest absolute Gasteiger partial charge is 0.394 e. The normalized spacial score (nSPS) is 22.8. The molecule has 2 atom stereocenters. The summed E-state index contributed by atoms with van der Waals surface area (Å²) in [6, 6.07) is 7.49. The number of aliphatic hydroxyl groups is 1. The molecule has 1 aromatic carbocycles. The molecule has 104 valence electrons. The van der Waals surface area contributed by atoms with E-state index in [1.54, 1.807) is 4.90 Å². The first-order valence-electron chi connectivity index (χ1n) is 6.41. The number of thioether (sulfide) groups is 1. The van der Waals surface area contributed by atoms with Gasteiger partial charge in [0.15, 0.2) is 0 Å². The van der Waals surface area contributed by atoms with Gasteiger partial charge in [0.05, 0.1) is 23.4 Å². The SMILES string of the molecule is CC1CCN(C(=O)CSc2ccccc2Cl)C1CO. The minimum atomic E-state index is -0.0284. The van der Waals surface area contributed by atoms with E-state index in [2.05, 4.69) is 6.92 Å². The second-order valence-corrected chi connectivity index (χ2v) is 6.25. The van der Waals surface area contributed by atoms with E-state index in [-0.39, 0.29) is 18.6 Å². The molecule has 1 aliphatic heterocycles. The number of aliphatic hydroxyl groups excluding tert-OH is 1. The predicted octanol–water partition coefficient (Wildman–Crippen LogP) is 2.66. The number of carbonyl (C=O) groups is 1. The summed E-state index contributed by atoms with van der Waals surface area (Å²) in [5, 5.41) is 10.0. The lowest BCUT2D eigenvalue weighted by Gasteiger charge is -2.25. The molecule has 2 unspecified atom stereocenters. The highest BCUT2D eigenvalue weighted by Gasteiger charge is 2.33. The summed E-state index contributed by atoms with van der Waals surface area (Å²) in [6.45, 7) is 2.87. The van der Waals surface area contributed by atoms with Crippen LogP contribution >= 0.6 is 23.4 Å². The van der Waals surface area contributed by atoms with Crippen molar-refractivity contribution in [3.8, 4) is 0 Å². The molecular weight excluding hydrogens is 282 g/mol. The Hall–Kier alpha value is -0.710. The lowest BCUT2D eigenvalue weighted by molar-refractivity contribution is -0.130. The highest BCUT2D eigenvalue weighted by molar-refractivity contribution is 8.00. The van der Waals surface area contributed by atoms with Gasteiger partial charge in [-0.3, -0.25) is 4.79 Å². The van der Waals surface area contributed by atoms with E-state index in [0.29, 0.717) is 16.7 Å². The van der Waals surface area contributed by atoms with Crippen LogP contribution in [0.1, 0.15) is 13.3 Å². The smallest absolute Gasteiger partial charge is 0.233 e. The highest BCUT2D eigenvalue weighted by atomic mass is 35.5. The van der Waals surface area contributed by atoms with E-state index in [0.717, 1.165) is 17.9 Å². The van der Waals surface area contributed by atoms with Crippen LogP contribution < -0.4 is 0 Å². The fourth-order valence-electron chi connectivity index (χ4n) is 2.38. The third-order valence-corrected chi connectivity index (χ3v) is 5.08. The Labute approximate surface area is 122 Å². The molecule has 0 radical (unpaired) electrons. The van der Waals surface area contributed by atoms with Crippen LogP contribution in [0.25, 0.3) is 0 Å². The van der Waals surface area contributed by atoms with Crippen molar-refractivity contribution in [3.63, 3.8) is 0 Å². The van der Waals surface area contributed by atoms with Gasteiger partial charge in [-0.25, -0.2) is 0 Å². The number of halogens is 1. The minimum absolute atomic E-state index is 0.0284. The average molecular weight is 300 g/mol. The zero-order chi connectivity index (χ0) is 13.8. The molecule has 1 aliphatic rings. The molecule has 2 rings (SSSR count). The quantitative estimate of drug-likeness (QED) is 0.869. The van der Waals surface area contributed by atoms with Crippen molar-refractivity contribution in [1.29, 1.82) is 0 Å². The third-order valence-electron chi connectivity index (χ3n) is 3.58. The minimum Gasteiger partial charge on any atom is -0.394 e. The molecule has 0 bridgehead atoms. The maximum absolute atomic E-state index is 12.2. The van der Waals surface area contributed by atoms with E-state index in [4.69, 9.17) is 11.6 Å². The highest BCUT2D eigenvalue weighted by Crippen LogP contribution is 2.29. The Balaban J connectivity index is 1.93. The second kappa shape index (κ2) is 6.64. The van der Waals surface area contributed by atoms with E-state index in [1.807, 2.05) is 24.3 Å². The summed E-state index contributed by atoms with van der Waals surface area (Å²) in [5.74, 6) is 0.819. The summed E-state index contributed by atoms with van der Waals surface area (Å²) in [7, 11) is 0. The van der Waals surface area contributed by atoms with Crippen molar-refractivity contribution in [2.24, 2.45) is 5.92 Å². The van der Waals surface area contributed by atoms with Gasteiger partial charge in [0.2, 0.25) is 5.91 Å². The van der Waals surface area contributed by atoms with Crippen LogP contribution in [0.4, 0.5) is 0 Å². The molecule has 1 fully saturated rings. The van der Waals surface area contributed by atoms with Crippen LogP contribution in [0.5, 0.6) is 0 Å². The zero-order valence-electron chi connectivity index (χ0n) is 10.9. The van der Waals surface area contributed by atoms with Gasteiger partial charge in [-0.2, -0.15) is 0 Å². The number of amides is 1. The van der Waals surface area contributed by atoms with Crippen molar-refractivity contribution >= 4 is 29.3 Å². The molecule has 0 aliphatic carbocycles. The van der Waals surface area contributed by atoms with Crippen LogP contribution in [0.15, 0.2) is 29.2 Å². The van der Waals surface area contributed by atoms with Gasteiger partial charge in [-0.1, -0.05) is 30.7 Å². The predicted molar refractivity (Wildman–Crippen MR) is 78.5 cm³/mol.